The van der Waals surface area contributed by atoms with Crippen molar-refractivity contribution in [3.63, 3.8) is 0 Å². The standard InChI is InChI=1S/C7H8N4O2/c8-7(9)11-4-1-2-5(6(12)13)10-3-4/h1-3H,(H,12,13)(H4,8,9,11). The van der Waals surface area contributed by atoms with Crippen LogP contribution in [0, 0.1) is 0 Å². The Morgan fingerprint density at radius 3 is 2.54 bits per heavy atom. The first-order chi connectivity index (χ1) is 6.09. The zero-order valence-corrected chi connectivity index (χ0v) is 6.64. The van der Waals surface area contributed by atoms with E-state index in [-0.39, 0.29) is 11.7 Å². The zero-order chi connectivity index (χ0) is 9.84. The van der Waals surface area contributed by atoms with Crippen LogP contribution in [-0.4, -0.2) is 22.0 Å². The third-order valence-corrected chi connectivity index (χ3v) is 1.23. The molecular formula is C7H8N4O2. The number of aromatic nitrogens is 1. The van der Waals surface area contributed by atoms with Crippen LogP contribution in [0.3, 0.4) is 0 Å². The van der Waals surface area contributed by atoms with E-state index in [1.165, 1.54) is 18.3 Å². The quantitative estimate of drug-likeness (QED) is 0.426. The average molecular weight is 180 g/mol. The zero-order valence-electron chi connectivity index (χ0n) is 6.64. The maximum Gasteiger partial charge on any atom is 0.354 e. The summed E-state index contributed by atoms with van der Waals surface area (Å²) in [5, 5.41) is 8.51. The summed E-state index contributed by atoms with van der Waals surface area (Å²) in [6, 6.07) is 2.79. The monoisotopic (exact) mass is 180 g/mol. The molecule has 0 spiro atoms. The Morgan fingerprint density at radius 1 is 1.46 bits per heavy atom. The number of aliphatic imine (C=N–C) groups is 1. The van der Waals surface area contributed by atoms with Gasteiger partial charge in [-0.3, -0.25) is 0 Å². The van der Waals surface area contributed by atoms with Crippen LogP contribution in [0.1, 0.15) is 10.5 Å². The summed E-state index contributed by atoms with van der Waals surface area (Å²) in [4.78, 5) is 17.7. The number of guanidine groups is 1. The predicted octanol–water partition coefficient (Wildman–Crippen LogP) is -0.315. The number of aromatic carboxylic acids is 1. The van der Waals surface area contributed by atoms with E-state index in [0.29, 0.717) is 5.69 Å². The van der Waals surface area contributed by atoms with Crippen molar-refractivity contribution in [1.82, 2.24) is 4.98 Å². The van der Waals surface area contributed by atoms with E-state index >= 15 is 0 Å². The Kier molecular flexibility index (Phi) is 2.44. The van der Waals surface area contributed by atoms with Crippen LogP contribution >= 0.6 is 0 Å². The van der Waals surface area contributed by atoms with E-state index in [4.69, 9.17) is 16.6 Å². The highest BCUT2D eigenvalue weighted by Gasteiger charge is 2.02. The summed E-state index contributed by atoms with van der Waals surface area (Å²) in [7, 11) is 0. The maximum atomic E-state index is 10.4. The molecule has 1 heterocycles. The number of nitrogens with two attached hydrogens (primary N) is 2. The van der Waals surface area contributed by atoms with Gasteiger partial charge in [0.2, 0.25) is 0 Å². The fourth-order valence-corrected chi connectivity index (χ4v) is 0.728. The van der Waals surface area contributed by atoms with Crippen molar-refractivity contribution >= 4 is 17.6 Å². The Bertz CT molecular complexity index is 340. The first kappa shape index (κ1) is 8.98. The number of carboxylic acids is 1. The molecule has 0 aromatic carbocycles. The molecule has 6 heteroatoms. The van der Waals surface area contributed by atoms with E-state index in [2.05, 4.69) is 9.98 Å². The van der Waals surface area contributed by atoms with E-state index in [1.807, 2.05) is 0 Å². The van der Waals surface area contributed by atoms with Gasteiger partial charge in [-0.05, 0) is 12.1 Å². The molecule has 0 amide bonds. The summed E-state index contributed by atoms with van der Waals surface area (Å²) in [5.41, 5.74) is 10.6. The summed E-state index contributed by atoms with van der Waals surface area (Å²) in [6.07, 6.45) is 1.28. The first-order valence-corrected chi connectivity index (χ1v) is 3.38. The Morgan fingerprint density at radius 2 is 2.15 bits per heavy atom. The minimum atomic E-state index is -1.09. The second-order valence-corrected chi connectivity index (χ2v) is 2.24. The molecule has 0 fully saturated rings. The fraction of sp³-hybridized carbons (Fsp3) is 0. The average Bonchev–Trinajstić information content (AvgIpc) is 2.04. The lowest BCUT2D eigenvalue weighted by Crippen LogP contribution is -2.21. The van der Waals surface area contributed by atoms with Crippen LogP contribution < -0.4 is 11.5 Å². The number of carboxylic acid groups (broad SMARTS) is 1. The highest BCUT2D eigenvalue weighted by Crippen LogP contribution is 2.09. The number of hydrogen-bond donors (Lipinski definition) is 3. The summed E-state index contributed by atoms with van der Waals surface area (Å²) in [5.74, 6) is -1.18. The first-order valence-electron chi connectivity index (χ1n) is 3.38. The maximum absolute atomic E-state index is 10.4. The van der Waals surface area contributed by atoms with Gasteiger partial charge in [-0.1, -0.05) is 0 Å². The number of carbonyl (C=O) groups is 1. The van der Waals surface area contributed by atoms with Crippen molar-refractivity contribution in [1.29, 1.82) is 0 Å². The van der Waals surface area contributed by atoms with Gasteiger partial charge in [-0.25, -0.2) is 14.8 Å². The van der Waals surface area contributed by atoms with Gasteiger partial charge < -0.3 is 16.6 Å². The molecule has 0 aliphatic carbocycles. The molecule has 1 aromatic rings. The van der Waals surface area contributed by atoms with Crippen molar-refractivity contribution < 1.29 is 9.90 Å². The van der Waals surface area contributed by atoms with Gasteiger partial charge in [0.15, 0.2) is 5.96 Å². The van der Waals surface area contributed by atoms with E-state index in [0.717, 1.165) is 0 Å². The van der Waals surface area contributed by atoms with Crippen molar-refractivity contribution in [2.45, 2.75) is 0 Å². The molecule has 0 aliphatic heterocycles. The Hall–Kier alpha value is -2.11. The van der Waals surface area contributed by atoms with Crippen LogP contribution in [0.5, 0.6) is 0 Å². The summed E-state index contributed by atoms with van der Waals surface area (Å²) in [6.45, 7) is 0. The minimum Gasteiger partial charge on any atom is -0.477 e. The lowest BCUT2D eigenvalue weighted by molar-refractivity contribution is 0.0690. The predicted molar refractivity (Wildman–Crippen MR) is 46.7 cm³/mol. The lowest BCUT2D eigenvalue weighted by atomic mass is 10.3. The smallest absolute Gasteiger partial charge is 0.354 e. The second kappa shape index (κ2) is 3.53. The summed E-state index contributed by atoms with van der Waals surface area (Å²) >= 11 is 0. The molecule has 0 atom stereocenters. The molecule has 1 rings (SSSR count). The van der Waals surface area contributed by atoms with Crippen LogP contribution in [0.2, 0.25) is 0 Å². The molecule has 6 nitrogen and oxygen atoms in total. The Labute approximate surface area is 73.9 Å². The molecule has 0 saturated heterocycles. The van der Waals surface area contributed by atoms with Gasteiger partial charge in [0, 0.05) is 0 Å². The van der Waals surface area contributed by atoms with Gasteiger partial charge in [0.05, 0.1) is 11.9 Å². The van der Waals surface area contributed by atoms with Gasteiger partial charge in [-0.2, -0.15) is 0 Å². The van der Waals surface area contributed by atoms with Crippen molar-refractivity contribution in [2.24, 2.45) is 16.5 Å². The van der Waals surface area contributed by atoms with Gasteiger partial charge in [0.1, 0.15) is 5.69 Å². The fourth-order valence-electron chi connectivity index (χ4n) is 0.728. The minimum absolute atomic E-state index is 0.0467. The molecule has 0 bridgehead atoms. The highest BCUT2D eigenvalue weighted by atomic mass is 16.4. The van der Waals surface area contributed by atoms with E-state index < -0.39 is 5.97 Å². The van der Waals surface area contributed by atoms with Crippen molar-refractivity contribution in [3.05, 3.63) is 24.0 Å². The van der Waals surface area contributed by atoms with E-state index in [9.17, 15) is 4.79 Å². The molecule has 0 saturated carbocycles. The van der Waals surface area contributed by atoms with Gasteiger partial charge >= 0.3 is 5.97 Å². The van der Waals surface area contributed by atoms with Crippen LogP contribution in [0.15, 0.2) is 23.3 Å². The normalized spacial score (nSPS) is 9.23. The van der Waals surface area contributed by atoms with Crippen molar-refractivity contribution in [2.75, 3.05) is 0 Å². The third-order valence-electron chi connectivity index (χ3n) is 1.23. The van der Waals surface area contributed by atoms with Crippen LogP contribution in [0.25, 0.3) is 0 Å². The lowest BCUT2D eigenvalue weighted by Gasteiger charge is -1.95. The highest BCUT2D eigenvalue weighted by molar-refractivity contribution is 5.85. The SMILES string of the molecule is NC(N)=Nc1ccc(C(=O)O)nc1. The largest absolute Gasteiger partial charge is 0.477 e. The molecule has 5 N–H and O–H groups in total. The molecule has 0 radical (unpaired) electrons. The second-order valence-electron chi connectivity index (χ2n) is 2.24. The number of hydrogen-bond acceptors (Lipinski definition) is 3. The van der Waals surface area contributed by atoms with Crippen LogP contribution in [-0.2, 0) is 0 Å². The molecule has 0 unspecified atom stereocenters. The van der Waals surface area contributed by atoms with Crippen molar-refractivity contribution in [3.8, 4) is 0 Å². The molecule has 1 aromatic heterocycles. The number of pyridine rings is 1. The third kappa shape index (κ3) is 2.44. The molecule has 13 heavy (non-hydrogen) atoms. The molecular weight excluding hydrogens is 172 g/mol. The van der Waals surface area contributed by atoms with Crippen LogP contribution in [0.4, 0.5) is 5.69 Å². The Balaban J connectivity index is 2.94. The molecule has 68 valence electrons. The number of rotatable bonds is 2. The number of nitrogens with zero attached hydrogens (tertiary/aromatic N) is 2. The van der Waals surface area contributed by atoms with E-state index in [1.54, 1.807) is 0 Å². The van der Waals surface area contributed by atoms with Gasteiger partial charge in [0.25, 0.3) is 0 Å². The van der Waals surface area contributed by atoms with Gasteiger partial charge in [-0.15, -0.1) is 0 Å². The summed E-state index contributed by atoms with van der Waals surface area (Å²) < 4.78 is 0. The topological polar surface area (TPSA) is 115 Å². The molecule has 0 aliphatic rings.